The third-order valence-corrected chi connectivity index (χ3v) is 4.33. The van der Waals surface area contributed by atoms with Crippen LogP contribution in [0.5, 0.6) is 0 Å². The summed E-state index contributed by atoms with van der Waals surface area (Å²) >= 11 is 0. The lowest BCUT2D eigenvalue weighted by Gasteiger charge is -2.36. The van der Waals surface area contributed by atoms with Gasteiger partial charge in [-0.3, -0.25) is 5.73 Å². The number of hydrogen-bond donors (Lipinski definition) is 3. The summed E-state index contributed by atoms with van der Waals surface area (Å²) in [4.78, 5) is 13.4. The Balaban J connectivity index is 1.64. The predicted octanol–water partition coefficient (Wildman–Crippen LogP) is -0.399. The number of hydrogen-bond acceptors (Lipinski definition) is 7. The standard InChI is InChI=1S/C16H25N7/c1-22-9-11-23(12-10-22)8-7-16(18)20-14(19-15(17)21-16)13-5-3-2-4-6-13/h2-6H,7-12,18H2,1H3,(H3,17,19,20,21). The largest absolute Gasteiger partial charge is 0.368 e. The van der Waals surface area contributed by atoms with Crippen LogP contribution in [0.25, 0.3) is 0 Å². The molecular weight excluding hydrogens is 290 g/mol. The Morgan fingerprint density at radius 3 is 2.57 bits per heavy atom. The van der Waals surface area contributed by atoms with E-state index in [-0.39, 0.29) is 5.96 Å². The minimum atomic E-state index is -0.902. The summed E-state index contributed by atoms with van der Waals surface area (Å²) in [5, 5.41) is 3.25. The van der Waals surface area contributed by atoms with Gasteiger partial charge in [0.25, 0.3) is 0 Å². The first kappa shape index (κ1) is 15.9. The van der Waals surface area contributed by atoms with E-state index in [1.165, 1.54) is 0 Å². The van der Waals surface area contributed by atoms with Crippen molar-refractivity contribution < 1.29 is 0 Å². The van der Waals surface area contributed by atoms with E-state index < -0.39 is 5.79 Å². The first-order valence-electron chi connectivity index (χ1n) is 8.01. The van der Waals surface area contributed by atoms with Crippen LogP contribution in [0.4, 0.5) is 0 Å². The number of amidine groups is 1. The van der Waals surface area contributed by atoms with Gasteiger partial charge in [-0.15, -0.1) is 0 Å². The average molecular weight is 315 g/mol. The maximum Gasteiger partial charge on any atom is 0.220 e. The molecule has 0 bridgehead atoms. The molecule has 1 saturated heterocycles. The number of nitrogens with one attached hydrogen (secondary N) is 1. The van der Waals surface area contributed by atoms with Crippen molar-refractivity contribution in [2.45, 2.75) is 12.2 Å². The van der Waals surface area contributed by atoms with Crippen LogP contribution in [0, 0.1) is 0 Å². The highest BCUT2D eigenvalue weighted by atomic mass is 15.4. The molecule has 2 aliphatic rings. The van der Waals surface area contributed by atoms with Crippen molar-refractivity contribution in [2.75, 3.05) is 39.8 Å². The van der Waals surface area contributed by atoms with Gasteiger partial charge in [-0.1, -0.05) is 30.3 Å². The van der Waals surface area contributed by atoms with Crippen molar-refractivity contribution in [3.05, 3.63) is 35.9 Å². The second-order valence-corrected chi connectivity index (χ2v) is 6.24. The highest BCUT2D eigenvalue weighted by Gasteiger charge is 2.30. The second kappa shape index (κ2) is 6.66. The van der Waals surface area contributed by atoms with Gasteiger partial charge < -0.3 is 20.9 Å². The number of nitrogens with two attached hydrogens (primary N) is 2. The molecule has 5 N–H and O–H groups in total. The van der Waals surface area contributed by atoms with Crippen molar-refractivity contribution in [3.63, 3.8) is 0 Å². The van der Waals surface area contributed by atoms with Crippen LogP contribution in [0.15, 0.2) is 40.3 Å². The van der Waals surface area contributed by atoms with Crippen LogP contribution < -0.4 is 16.8 Å². The molecule has 3 rings (SSSR count). The van der Waals surface area contributed by atoms with Crippen LogP contribution in [0.3, 0.4) is 0 Å². The van der Waals surface area contributed by atoms with Crippen LogP contribution in [-0.2, 0) is 0 Å². The molecule has 1 aromatic rings. The monoisotopic (exact) mass is 315 g/mol. The van der Waals surface area contributed by atoms with Crippen molar-refractivity contribution in [3.8, 4) is 0 Å². The van der Waals surface area contributed by atoms with Gasteiger partial charge in [-0.2, -0.15) is 4.99 Å². The summed E-state index contributed by atoms with van der Waals surface area (Å²) in [6, 6.07) is 9.85. The summed E-state index contributed by atoms with van der Waals surface area (Å²) < 4.78 is 0. The van der Waals surface area contributed by atoms with E-state index >= 15 is 0 Å². The Morgan fingerprint density at radius 2 is 1.87 bits per heavy atom. The number of piperazine rings is 1. The summed E-state index contributed by atoms with van der Waals surface area (Å²) in [6.07, 6.45) is 0.684. The van der Waals surface area contributed by atoms with Gasteiger partial charge >= 0.3 is 0 Å². The molecule has 124 valence electrons. The lowest BCUT2D eigenvalue weighted by atomic mass is 10.1. The Labute approximate surface area is 137 Å². The number of likely N-dealkylation sites (N-methyl/N-ethyl adjacent to an activating group) is 1. The molecule has 7 nitrogen and oxygen atoms in total. The fourth-order valence-corrected chi connectivity index (χ4v) is 2.86. The highest BCUT2D eigenvalue weighted by Crippen LogP contribution is 2.14. The van der Waals surface area contributed by atoms with Crippen molar-refractivity contribution in [1.82, 2.24) is 15.1 Å². The van der Waals surface area contributed by atoms with E-state index in [1.54, 1.807) is 0 Å². The van der Waals surface area contributed by atoms with Gasteiger partial charge in [-0.05, 0) is 7.05 Å². The quantitative estimate of drug-likeness (QED) is 0.703. The molecule has 23 heavy (non-hydrogen) atoms. The number of benzene rings is 1. The molecule has 2 heterocycles. The molecule has 0 saturated carbocycles. The van der Waals surface area contributed by atoms with Crippen LogP contribution in [-0.4, -0.2) is 67.2 Å². The zero-order valence-corrected chi connectivity index (χ0v) is 13.6. The van der Waals surface area contributed by atoms with E-state index in [9.17, 15) is 0 Å². The lowest BCUT2D eigenvalue weighted by Crippen LogP contribution is -2.59. The molecule has 0 aliphatic carbocycles. The van der Waals surface area contributed by atoms with Crippen LogP contribution in [0.1, 0.15) is 12.0 Å². The van der Waals surface area contributed by atoms with Gasteiger partial charge in [0.1, 0.15) is 5.84 Å². The fraction of sp³-hybridized carbons (Fsp3) is 0.500. The zero-order chi connectivity index (χ0) is 16.3. The SMILES string of the molecule is CN1CCN(CCC2(N)N=C(N)N=C(c3ccccc3)N2)CC1. The molecule has 2 aliphatic heterocycles. The minimum Gasteiger partial charge on any atom is -0.368 e. The molecule has 1 aromatic carbocycles. The maximum atomic E-state index is 6.43. The molecule has 1 atom stereocenters. The summed E-state index contributed by atoms with van der Waals surface area (Å²) in [6.45, 7) is 5.19. The Bertz CT molecular complexity index is 590. The van der Waals surface area contributed by atoms with Gasteiger partial charge in [0.2, 0.25) is 5.96 Å². The molecule has 0 aromatic heterocycles. The molecule has 0 spiro atoms. The molecule has 1 unspecified atom stereocenters. The summed E-state index contributed by atoms with van der Waals surface area (Å²) in [5.41, 5.74) is 13.3. The average Bonchev–Trinajstić information content (AvgIpc) is 2.54. The summed E-state index contributed by atoms with van der Waals surface area (Å²) in [7, 11) is 2.15. The Morgan fingerprint density at radius 1 is 1.17 bits per heavy atom. The third-order valence-electron chi connectivity index (χ3n) is 4.33. The first-order valence-corrected chi connectivity index (χ1v) is 8.01. The zero-order valence-electron chi connectivity index (χ0n) is 13.6. The molecule has 7 heteroatoms. The van der Waals surface area contributed by atoms with Crippen LogP contribution >= 0.6 is 0 Å². The van der Waals surface area contributed by atoms with Crippen molar-refractivity contribution in [2.24, 2.45) is 21.5 Å². The molecular formula is C16H25N7. The lowest BCUT2D eigenvalue weighted by molar-refractivity contribution is 0.142. The smallest absolute Gasteiger partial charge is 0.220 e. The van der Waals surface area contributed by atoms with Crippen LogP contribution in [0.2, 0.25) is 0 Å². The number of nitrogens with zero attached hydrogens (tertiary/aromatic N) is 4. The van der Waals surface area contributed by atoms with E-state index in [4.69, 9.17) is 11.5 Å². The molecule has 0 amide bonds. The third kappa shape index (κ3) is 4.07. The van der Waals surface area contributed by atoms with Gasteiger partial charge in [0.05, 0.1) is 0 Å². The van der Waals surface area contributed by atoms with Crippen molar-refractivity contribution >= 4 is 11.8 Å². The second-order valence-electron chi connectivity index (χ2n) is 6.24. The molecule has 0 radical (unpaired) electrons. The van der Waals surface area contributed by atoms with E-state index in [1.807, 2.05) is 30.3 Å². The van der Waals surface area contributed by atoms with Gasteiger partial charge in [-0.25, -0.2) is 4.99 Å². The fourth-order valence-electron chi connectivity index (χ4n) is 2.86. The van der Waals surface area contributed by atoms with Gasteiger partial charge in [0, 0.05) is 44.7 Å². The topological polar surface area (TPSA) is 95.3 Å². The maximum absolute atomic E-state index is 6.43. The first-order chi connectivity index (χ1) is 11.0. The van der Waals surface area contributed by atoms with E-state index in [2.05, 4.69) is 32.1 Å². The number of guanidine groups is 1. The van der Waals surface area contributed by atoms with E-state index in [0.29, 0.717) is 12.3 Å². The molecule has 1 fully saturated rings. The Kier molecular flexibility index (Phi) is 4.61. The van der Waals surface area contributed by atoms with Crippen molar-refractivity contribution in [1.29, 1.82) is 0 Å². The minimum absolute atomic E-state index is 0.225. The Hall–Kier alpha value is -1.96. The highest BCUT2D eigenvalue weighted by molar-refractivity contribution is 6.07. The predicted molar refractivity (Wildman–Crippen MR) is 93.2 cm³/mol. The normalized spacial score (nSPS) is 26.3. The van der Waals surface area contributed by atoms with E-state index in [0.717, 1.165) is 38.3 Å². The van der Waals surface area contributed by atoms with Gasteiger partial charge in [0.15, 0.2) is 5.79 Å². The number of rotatable bonds is 4. The summed E-state index contributed by atoms with van der Waals surface area (Å²) in [5.74, 6) is 0.00263. The number of aliphatic imine (C=N–C) groups is 2.